The van der Waals surface area contributed by atoms with E-state index in [2.05, 4.69) is 5.32 Å². The van der Waals surface area contributed by atoms with Gasteiger partial charge in [0.2, 0.25) is 0 Å². The smallest absolute Gasteiger partial charge is 0.267 e. The van der Waals surface area contributed by atoms with Crippen molar-refractivity contribution in [2.75, 3.05) is 5.32 Å². The van der Waals surface area contributed by atoms with Crippen molar-refractivity contribution in [2.45, 2.75) is 0 Å². The maximum absolute atomic E-state index is 13.3. The van der Waals surface area contributed by atoms with Gasteiger partial charge < -0.3 is 9.88 Å². The Bertz CT molecular complexity index is 1090. The molecule has 0 saturated carbocycles. The van der Waals surface area contributed by atoms with Crippen LogP contribution in [0.3, 0.4) is 0 Å². The number of halogens is 2. The first kappa shape index (κ1) is 17.5. The Balaban J connectivity index is 1.77. The van der Waals surface area contributed by atoms with Gasteiger partial charge in [-0.3, -0.25) is 4.79 Å². The number of nitrogens with zero attached hydrogens (tertiary/aromatic N) is 1. The van der Waals surface area contributed by atoms with Crippen LogP contribution >= 0.6 is 22.9 Å². The standard InChI is InChI=1S/C21H14ClFN2OS/c22-15-4-3-5-17(12-15)24-21(26)20-19(25-10-1-2-11-25)18(13-27-20)14-6-8-16(23)9-7-14/h1-13H,(H,24,26). The van der Waals surface area contributed by atoms with Crippen molar-refractivity contribution in [1.82, 2.24) is 4.57 Å². The van der Waals surface area contributed by atoms with Crippen molar-refractivity contribution in [3.8, 4) is 16.8 Å². The quantitative estimate of drug-likeness (QED) is 0.434. The lowest BCUT2D eigenvalue weighted by Gasteiger charge is -2.10. The number of thiophene rings is 1. The monoisotopic (exact) mass is 396 g/mol. The van der Waals surface area contributed by atoms with Gasteiger partial charge in [-0.25, -0.2) is 4.39 Å². The lowest BCUT2D eigenvalue weighted by Crippen LogP contribution is -2.12. The molecule has 0 aliphatic rings. The molecule has 1 amide bonds. The third-order valence-electron chi connectivity index (χ3n) is 4.07. The molecule has 6 heteroatoms. The second-order valence-electron chi connectivity index (χ2n) is 5.89. The highest BCUT2D eigenvalue weighted by atomic mass is 35.5. The zero-order valence-corrected chi connectivity index (χ0v) is 15.6. The van der Waals surface area contributed by atoms with Crippen molar-refractivity contribution >= 4 is 34.5 Å². The van der Waals surface area contributed by atoms with Crippen LogP contribution < -0.4 is 5.32 Å². The van der Waals surface area contributed by atoms with Crippen molar-refractivity contribution in [3.05, 3.63) is 94.2 Å². The number of benzene rings is 2. The molecule has 0 atom stereocenters. The van der Waals surface area contributed by atoms with Crippen LogP contribution in [-0.4, -0.2) is 10.5 Å². The highest BCUT2D eigenvalue weighted by Gasteiger charge is 2.20. The molecule has 2 aromatic carbocycles. The van der Waals surface area contributed by atoms with E-state index >= 15 is 0 Å². The number of nitrogens with one attached hydrogen (secondary N) is 1. The maximum Gasteiger partial charge on any atom is 0.267 e. The lowest BCUT2D eigenvalue weighted by molar-refractivity contribution is 0.103. The van der Waals surface area contributed by atoms with E-state index in [1.165, 1.54) is 23.5 Å². The van der Waals surface area contributed by atoms with Crippen molar-refractivity contribution in [1.29, 1.82) is 0 Å². The van der Waals surface area contributed by atoms with Crippen LogP contribution in [0.25, 0.3) is 16.8 Å². The predicted molar refractivity (Wildman–Crippen MR) is 108 cm³/mol. The summed E-state index contributed by atoms with van der Waals surface area (Å²) in [6.45, 7) is 0. The number of rotatable bonds is 4. The van der Waals surface area contributed by atoms with Gasteiger partial charge in [0, 0.05) is 34.0 Å². The van der Waals surface area contributed by atoms with Gasteiger partial charge in [-0.1, -0.05) is 29.8 Å². The maximum atomic E-state index is 13.3. The Kier molecular flexibility index (Phi) is 4.79. The summed E-state index contributed by atoms with van der Waals surface area (Å²) in [5.41, 5.74) is 3.10. The van der Waals surface area contributed by atoms with Gasteiger partial charge in [0.25, 0.3) is 5.91 Å². The predicted octanol–water partition coefficient (Wildman–Crippen LogP) is 6.25. The second kappa shape index (κ2) is 7.39. The van der Waals surface area contributed by atoms with Crippen molar-refractivity contribution < 1.29 is 9.18 Å². The van der Waals surface area contributed by atoms with Gasteiger partial charge in [-0.05, 0) is 48.0 Å². The molecular formula is C21H14ClFN2OS. The number of anilines is 1. The molecule has 0 spiro atoms. The average Bonchev–Trinajstić information content (AvgIpc) is 3.32. The van der Waals surface area contributed by atoms with Crippen LogP contribution in [0.2, 0.25) is 5.02 Å². The van der Waals surface area contributed by atoms with Crippen LogP contribution in [0.1, 0.15) is 9.67 Å². The van der Waals surface area contributed by atoms with Crippen LogP contribution in [0, 0.1) is 5.82 Å². The summed E-state index contributed by atoms with van der Waals surface area (Å²) in [6, 6.07) is 17.1. The molecule has 1 N–H and O–H groups in total. The van der Waals surface area contributed by atoms with Crippen LogP contribution in [0.5, 0.6) is 0 Å². The topological polar surface area (TPSA) is 34.0 Å². The Morgan fingerprint density at radius 3 is 2.48 bits per heavy atom. The van der Waals surface area contributed by atoms with Crippen molar-refractivity contribution in [3.63, 3.8) is 0 Å². The molecule has 0 saturated heterocycles. The van der Waals surface area contributed by atoms with Crippen LogP contribution in [-0.2, 0) is 0 Å². The molecular weight excluding hydrogens is 383 g/mol. The van der Waals surface area contributed by atoms with Crippen LogP contribution in [0.15, 0.2) is 78.4 Å². The normalized spacial score (nSPS) is 10.7. The molecule has 3 nitrogen and oxygen atoms in total. The summed E-state index contributed by atoms with van der Waals surface area (Å²) in [5.74, 6) is -0.519. The molecule has 4 aromatic rings. The summed E-state index contributed by atoms with van der Waals surface area (Å²) < 4.78 is 15.2. The summed E-state index contributed by atoms with van der Waals surface area (Å²) in [5, 5.41) is 5.35. The van der Waals surface area contributed by atoms with Gasteiger partial charge in [0.1, 0.15) is 10.7 Å². The number of carbonyl (C=O) groups is 1. The minimum absolute atomic E-state index is 0.223. The largest absolute Gasteiger partial charge is 0.322 e. The summed E-state index contributed by atoms with van der Waals surface area (Å²) >= 11 is 7.35. The van der Waals surface area contributed by atoms with E-state index in [1.807, 2.05) is 34.5 Å². The molecule has 0 fully saturated rings. The Morgan fingerprint density at radius 2 is 1.78 bits per heavy atom. The van der Waals surface area contributed by atoms with E-state index < -0.39 is 0 Å². The van der Waals surface area contributed by atoms with Gasteiger partial charge in [-0.15, -0.1) is 11.3 Å². The molecule has 2 aromatic heterocycles. The first-order chi connectivity index (χ1) is 13.1. The van der Waals surface area contributed by atoms with Crippen LogP contribution in [0.4, 0.5) is 10.1 Å². The highest BCUT2D eigenvalue weighted by molar-refractivity contribution is 7.13. The van der Waals surface area contributed by atoms with E-state index in [4.69, 9.17) is 11.6 Å². The van der Waals surface area contributed by atoms with E-state index in [-0.39, 0.29) is 11.7 Å². The summed E-state index contributed by atoms with van der Waals surface area (Å²) in [6.07, 6.45) is 3.76. The minimum Gasteiger partial charge on any atom is -0.322 e. The number of hydrogen-bond acceptors (Lipinski definition) is 2. The fourth-order valence-electron chi connectivity index (χ4n) is 2.84. The SMILES string of the molecule is O=C(Nc1cccc(Cl)c1)c1scc(-c2ccc(F)cc2)c1-n1cccc1. The molecule has 0 bridgehead atoms. The zero-order valence-electron chi connectivity index (χ0n) is 14.0. The zero-order chi connectivity index (χ0) is 18.8. The highest BCUT2D eigenvalue weighted by Crippen LogP contribution is 2.35. The average molecular weight is 397 g/mol. The Labute approximate surface area is 164 Å². The second-order valence-corrected chi connectivity index (χ2v) is 7.20. The molecule has 134 valence electrons. The Morgan fingerprint density at radius 1 is 1.04 bits per heavy atom. The van der Waals surface area contributed by atoms with Gasteiger partial charge in [-0.2, -0.15) is 0 Å². The number of amides is 1. The summed E-state index contributed by atoms with van der Waals surface area (Å²) in [4.78, 5) is 13.5. The first-order valence-electron chi connectivity index (χ1n) is 8.19. The van der Waals surface area contributed by atoms with Gasteiger partial charge >= 0.3 is 0 Å². The molecule has 27 heavy (non-hydrogen) atoms. The van der Waals surface area contributed by atoms with Crippen molar-refractivity contribution in [2.24, 2.45) is 0 Å². The van der Waals surface area contributed by atoms with E-state index in [0.29, 0.717) is 15.6 Å². The molecule has 0 aliphatic carbocycles. The third-order valence-corrected chi connectivity index (χ3v) is 5.27. The van der Waals surface area contributed by atoms with Gasteiger partial charge in [0.05, 0.1) is 5.69 Å². The van der Waals surface area contributed by atoms with E-state index in [1.54, 1.807) is 36.4 Å². The minimum atomic E-state index is -0.296. The fourth-order valence-corrected chi connectivity index (χ4v) is 4.00. The number of aromatic nitrogens is 1. The Hall–Kier alpha value is -2.89. The fraction of sp³-hybridized carbons (Fsp3) is 0. The molecule has 4 rings (SSSR count). The molecule has 0 aliphatic heterocycles. The molecule has 0 unspecified atom stereocenters. The number of carbonyl (C=O) groups excluding carboxylic acids is 1. The third kappa shape index (κ3) is 3.65. The number of hydrogen-bond donors (Lipinski definition) is 1. The molecule has 2 heterocycles. The summed E-state index contributed by atoms with van der Waals surface area (Å²) in [7, 11) is 0. The lowest BCUT2D eigenvalue weighted by atomic mass is 10.1. The molecule has 0 radical (unpaired) electrons. The van der Waals surface area contributed by atoms with E-state index in [9.17, 15) is 9.18 Å². The van der Waals surface area contributed by atoms with Gasteiger partial charge in [0.15, 0.2) is 0 Å². The first-order valence-corrected chi connectivity index (χ1v) is 9.45. The van der Waals surface area contributed by atoms with E-state index in [0.717, 1.165) is 16.8 Å².